The summed E-state index contributed by atoms with van der Waals surface area (Å²) >= 11 is 0. The summed E-state index contributed by atoms with van der Waals surface area (Å²) in [7, 11) is 0. The van der Waals surface area contributed by atoms with Crippen LogP contribution in [0.25, 0.3) is 0 Å². The van der Waals surface area contributed by atoms with E-state index in [-0.39, 0.29) is 5.91 Å². The smallest absolute Gasteiger partial charge is 0.235 e. The first-order valence-corrected chi connectivity index (χ1v) is 7.42. The Morgan fingerprint density at radius 3 is 2.17 bits per heavy atom. The summed E-state index contributed by atoms with van der Waals surface area (Å²) in [5, 5.41) is 0. The van der Waals surface area contributed by atoms with Crippen LogP contribution in [-0.2, 0) is 10.5 Å². The summed E-state index contributed by atoms with van der Waals surface area (Å²) in [6.07, 6.45) is 0. The molecule has 2 N–H and O–H groups in total. The summed E-state index contributed by atoms with van der Waals surface area (Å²) < 4.78 is 0. The zero-order valence-corrected chi connectivity index (χ0v) is 13.1. The van der Waals surface area contributed by atoms with Crippen molar-refractivity contribution in [3.63, 3.8) is 0 Å². The van der Waals surface area contributed by atoms with Crippen LogP contribution in [0.2, 0.25) is 0 Å². The Morgan fingerprint density at radius 2 is 1.57 bits per heavy atom. The van der Waals surface area contributed by atoms with E-state index in [0.29, 0.717) is 5.84 Å². The van der Waals surface area contributed by atoms with Gasteiger partial charge >= 0.3 is 0 Å². The number of hydrogen-bond acceptors (Lipinski definition) is 4. The number of carbonyl (C=O) groups is 1. The first kappa shape index (κ1) is 15.0. The van der Waals surface area contributed by atoms with Gasteiger partial charge in [0.25, 0.3) is 0 Å². The Bertz CT molecular complexity index is 768. The SMILES string of the molecule is CC(=O)NNC1=NC(C)(c2ccccc2)N=C1c1ccccc1. The van der Waals surface area contributed by atoms with Crippen molar-refractivity contribution in [1.82, 2.24) is 10.9 Å². The van der Waals surface area contributed by atoms with E-state index in [9.17, 15) is 4.79 Å². The van der Waals surface area contributed by atoms with E-state index in [1.165, 1.54) is 6.92 Å². The van der Waals surface area contributed by atoms with E-state index >= 15 is 0 Å². The van der Waals surface area contributed by atoms with Gasteiger partial charge in [-0.05, 0) is 6.92 Å². The molecule has 2 aromatic rings. The third-order valence-corrected chi connectivity index (χ3v) is 3.61. The molecule has 1 heterocycles. The van der Waals surface area contributed by atoms with Gasteiger partial charge in [0, 0.05) is 18.1 Å². The lowest BCUT2D eigenvalue weighted by Gasteiger charge is -2.17. The molecule has 0 bridgehead atoms. The van der Waals surface area contributed by atoms with Crippen molar-refractivity contribution in [2.24, 2.45) is 9.98 Å². The lowest BCUT2D eigenvalue weighted by atomic mass is 10.0. The molecular weight excluding hydrogens is 288 g/mol. The topological polar surface area (TPSA) is 65.8 Å². The number of hydrogen-bond donors (Lipinski definition) is 2. The van der Waals surface area contributed by atoms with Gasteiger partial charge in [0.15, 0.2) is 11.5 Å². The minimum atomic E-state index is -0.715. The second-order valence-corrected chi connectivity index (χ2v) is 5.48. The number of nitrogens with one attached hydrogen (secondary N) is 2. The Kier molecular flexibility index (Phi) is 3.93. The van der Waals surface area contributed by atoms with Crippen molar-refractivity contribution in [3.05, 3.63) is 71.8 Å². The Labute approximate surface area is 135 Å². The zero-order chi connectivity index (χ0) is 16.3. The number of benzene rings is 2. The van der Waals surface area contributed by atoms with E-state index in [1.807, 2.05) is 67.6 Å². The van der Waals surface area contributed by atoms with Crippen molar-refractivity contribution >= 4 is 17.5 Å². The second-order valence-electron chi connectivity index (χ2n) is 5.48. The van der Waals surface area contributed by atoms with E-state index in [1.54, 1.807) is 0 Å². The highest BCUT2D eigenvalue weighted by Crippen LogP contribution is 2.32. The average molecular weight is 306 g/mol. The Balaban J connectivity index is 2.02. The predicted octanol–water partition coefficient (Wildman–Crippen LogP) is 2.40. The van der Waals surface area contributed by atoms with E-state index in [4.69, 9.17) is 9.98 Å². The molecule has 0 saturated heterocycles. The summed E-state index contributed by atoms with van der Waals surface area (Å²) in [5.74, 6) is 0.367. The lowest BCUT2D eigenvalue weighted by Crippen LogP contribution is -2.43. The molecule has 1 amide bonds. The molecule has 5 heteroatoms. The maximum Gasteiger partial charge on any atom is 0.235 e. The zero-order valence-electron chi connectivity index (χ0n) is 13.1. The number of hydrazine groups is 1. The molecule has 0 aliphatic carbocycles. The Morgan fingerprint density at radius 1 is 0.957 bits per heavy atom. The largest absolute Gasteiger partial charge is 0.280 e. The van der Waals surface area contributed by atoms with Crippen LogP contribution in [0, 0.1) is 0 Å². The number of aliphatic imine (C=N–C) groups is 2. The van der Waals surface area contributed by atoms with Gasteiger partial charge in [0.1, 0.15) is 5.71 Å². The minimum absolute atomic E-state index is 0.187. The van der Waals surface area contributed by atoms with E-state index in [2.05, 4.69) is 10.9 Å². The normalized spacial score (nSPS) is 19.7. The highest BCUT2D eigenvalue weighted by atomic mass is 16.2. The standard InChI is InChI=1S/C18H18N4O/c1-13(23)21-22-17-16(14-9-5-3-6-10-14)19-18(2,20-17)15-11-7-4-8-12-15/h3-12H,1-2H3,(H,20,22)(H,21,23). The van der Waals surface area contributed by atoms with Gasteiger partial charge in [0.05, 0.1) is 0 Å². The van der Waals surface area contributed by atoms with Crippen molar-refractivity contribution in [3.8, 4) is 0 Å². The molecular formula is C18H18N4O. The first-order chi connectivity index (χ1) is 11.1. The van der Waals surface area contributed by atoms with Crippen LogP contribution < -0.4 is 10.9 Å². The number of nitrogens with zero attached hydrogens (tertiary/aromatic N) is 2. The summed E-state index contributed by atoms with van der Waals surface area (Å²) in [5.41, 5.74) is 7.40. The highest BCUT2D eigenvalue weighted by Gasteiger charge is 2.33. The van der Waals surface area contributed by atoms with Crippen molar-refractivity contribution in [2.45, 2.75) is 19.5 Å². The fourth-order valence-electron chi connectivity index (χ4n) is 2.48. The molecule has 0 fully saturated rings. The molecule has 2 aromatic carbocycles. The summed E-state index contributed by atoms with van der Waals surface area (Å²) in [6.45, 7) is 3.39. The van der Waals surface area contributed by atoms with Gasteiger partial charge in [-0.25, -0.2) is 9.98 Å². The predicted molar refractivity (Wildman–Crippen MR) is 91.2 cm³/mol. The van der Waals surface area contributed by atoms with Crippen LogP contribution in [-0.4, -0.2) is 17.5 Å². The molecule has 0 saturated carbocycles. The first-order valence-electron chi connectivity index (χ1n) is 7.42. The van der Waals surface area contributed by atoms with Crippen LogP contribution >= 0.6 is 0 Å². The van der Waals surface area contributed by atoms with Crippen molar-refractivity contribution < 1.29 is 4.79 Å². The third-order valence-electron chi connectivity index (χ3n) is 3.61. The van der Waals surface area contributed by atoms with Crippen LogP contribution in [0.4, 0.5) is 0 Å². The van der Waals surface area contributed by atoms with Crippen molar-refractivity contribution in [1.29, 1.82) is 0 Å². The van der Waals surface area contributed by atoms with Crippen LogP contribution in [0.5, 0.6) is 0 Å². The van der Waals surface area contributed by atoms with Gasteiger partial charge < -0.3 is 0 Å². The fraction of sp³-hybridized carbons (Fsp3) is 0.167. The van der Waals surface area contributed by atoms with Gasteiger partial charge in [0.2, 0.25) is 5.91 Å². The summed E-state index contributed by atoms with van der Waals surface area (Å²) in [6, 6.07) is 19.7. The van der Waals surface area contributed by atoms with E-state index in [0.717, 1.165) is 16.8 Å². The van der Waals surface area contributed by atoms with Crippen LogP contribution in [0.3, 0.4) is 0 Å². The number of rotatable bonds is 2. The molecule has 3 rings (SSSR count). The molecule has 5 nitrogen and oxygen atoms in total. The molecule has 23 heavy (non-hydrogen) atoms. The van der Waals surface area contributed by atoms with Gasteiger partial charge in [-0.3, -0.25) is 15.6 Å². The molecule has 116 valence electrons. The molecule has 0 spiro atoms. The third kappa shape index (κ3) is 3.13. The van der Waals surface area contributed by atoms with Gasteiger partial charge in [-0.2, -0.15) is 0 Å². The Hall–Kier alpha value is -2.95. The lowest BCUT2D eigenvalue weighted by molar-refractivity contribution is -0.119. The van der Waals surface area contributed by atoms with Crippen LogP contribution in [0.1, 0.15) is 25.0 Å². The number of carbonyl (C=O) groups excluding carboxylic acids is 1. The molecule has 1 atom stereocenters. The molecule has 0 aromatic heterocycles. The monoisotopic (exact) mass is 306 g/mol. The van der Waals surface area contributed by atoms with E-state index < -0.39 is 5.66 Å². The van der Waals surface area contributed by atoms with Crippen LogP contribution in [0.15, 0.2) is 70.6 Å². The maximum absolute atomic E-state index is 11.2. The molecule has 1 aliphatic heterocycles. The average Bonchev–Trinajstić information content (AvgIpc) is 2.93. The highest BCUT2D eigenvalue weighted by molar-refractivity contribution is 6.48. The molecule has 1 aliphatic rings. The number of amides is 1. The summed E-state index contributed by atoms with van der Waals surface area (Å²) in [4.78, 5) is 20.7. The van der Waals surface area contributed by atoms with Gasteiger partial charge in [-0.1, -0.05) is 60.7 Å². The fourth-order valence-corrected chi connectivity index (χ4v) is 2.48. The van der Waals surface area contributed by atoms with Gasteiger partial charge in [-0.15, -0.1) is 0 Å². The number of amidine groups is 1. The molecule has 1 unspecified atom stereocenters. The maximum atomic E-state index is 11.2. The van der Waals surface area contributed by atoms with Crippen molar-refractivity contribution in [2.75, 3.05) is 0 Å². The minimum Gasteiger partial charge on any atom is -0.280 e. The quantitative estimate of drug-likeness (QED) is 0.837. The molecule has 0 radical (unpaired) electrons. The second kappa shape index (κ2) is 6.04.